The highest BCUT2D eigenvalue weighted by Crippen LogP contribution is 2.15. The third-order valence-corrected chi connectivity index (χ3v) is 14.0. The lowest BCUT2D eigenvalue weighted by molar-refractivity contribution is -0.167. The van der Waals surface area contributed by atoms with E-state index in [1.807, 2.05) is 0 Å². The Kier molecular flexibility index (Phi) is 62.8. The van der Waals surface area contributed by atoms with Gasteiger partial charge in [0.2, 0.25) is 0 Å². The zero-order chi connectivity index (χ0) is 57.1. The number of hydrogen-bond donors (Lipinski definition) is 0. The second-order valence-electron chi connectivity index (χ2n) is 21.6. The van der Waals surface area contributed by atoms with Gasteiger partial charge in [-0.1, -0.05) is 290 Å². The van der Waals surface area contributed by atoms with Crippen LogP contribution in [0, 0.1) is 0 Å². The van der Waals surface area contributed by atoms with Crippen molar-refractivity contribution in [2.75, 3.05) is 13.2 Å². The molecule has 0 rings (SSSR count). The smallest absolute Gasteiger partial charge is 0.306 e. The van der Waals surface area contributed by atoms with Gasteiger partial charge in [-0.2, -0.15) is 0 Å². The van der Waals surface area contributed by atoms with Gasteiger partial charge in [-0.25, -0.2) is 0 Å². The minimum Gasteiger partial charge on any atom is -0.462 e. The van der Waals surface area contributed by atoms with Crippen LogP contribution < -0.4 is 0 Å². The number of carbonyl (C=O) groups excluding carboxylic acids is 3. The molecule has 1 unspecified atom stereocenters. The van der Waals surface area contributed by atoms with Crippen molar-refractivity contribution in [1.82, 2.24) is 0 Å². The molecule has 0 aliphatic rings. The standard InChI is InChI=1S/C73H122O6/c1-4-7-10-13-16-19-22-25-27-29-30-31-32-33-34-35-36-37-38-39-40-41-42-43-44-45-47-48-51-54-57-60-63-66-72(75)78-69-70(68-77-71(74)65-62-59-56-53-50-24-21-18-15-12-9-6-3)79-73(76)67-64-61-58-55-52-49-46-28-26-23-20-17-14-11-8-5-2/h7,10,16,19,25,27-28,30-31,33-34,36-37,39-40,42-43,45-47,70H,4-6,8-9,11-15,17-18,20-24,26,29,32,35,38,41,44,48-69H2,1-3H3/b10-7-,19-16-,27-25-,31-30-,34-33-,37-36-,40-39-,43-42-,46-28-,47-45-. The summed E-state index contributed by atoms with van der Waals surface area (Å²) >= 11 is 0. The van der Waals surface area contributed by atoms with Gasteiger partial charge in [0.15, 0.2) is 6.10 Å². The van der Waals surface area contributed by atoms with Crippen molar-refractivity contribution in [1.29, 1.82) is 0 Å². The van der Waals surface area contributed by atoms with Gasteiger partial charge in [0, 0.05) is 19.3 Å². The molecule has 6 heteroatoms. The molecule has 1 atom stereocenters. The van der Waals surface area contributed by atoms with Crippen LogP contribution in [0.5, 0.6) is 0 Å². The summed E-state index contributed by atoms with van der Waals surface area (Å²) in [7, 11) is 0. The zero-order valence-electron chi connectivity index (χ0n) is 51.6. The number of allylic oxidation sites excluding steroid dienone is 20. The summed E-state index contributed by atoms with van der Waals surface area (Å²) in [6.07, 6.45) is 92.1. The SMILES string of the molecule is CC/C=C\C/C=C\C/C=C\C/C=C\C/C=C\C/C=C\C/C=C\C/C=C\C/C=C\CCCCCCCC(=O)OCC(COC(=O)CCCCCCCCCCCCCC)OC(=O)CCCCCCC/C=C\CCCCCCCCC. The molecule has 79 heavy (non-hydrogen) atoms. The van der Waals surface area contributed by atoms with Gasteiger partial charge < -0.3 is 14.2 Å². The average molecular weight is 1100 g/mol. The summed E-state index contributed by atoms with van der Waals surface area (Å²) in [5.74, 6) is -0.908. The number of rotatable bonds is 59. The maximum Gasteiger partial charge on any atom is 0.306 e. The van der Waals surface area contributed by atoms with E-state index in [0.29, 0.717) is 19.3 Å². The topological polar surface area (TPSA) is 78.9 Å². The monoisotopic (exact) mass is 1090 g/mol. The van der Waals surface area contributed by atoms with E-state index in [1.165, 1.54) is 116 Å². The van der Waals surface area contributed by atoms with Crippen LogP contribution in [0.15, 0.2) is 122 Å². The molecule has 0 amide bonds. The van der Waals surface area contributed by atoms with Crippen molar-refractivity contribution in [2.24, 2.45) is 0 Å². The second-order valence-corrected chi connectivity index (χ2v) is 21.6. The molecule has 0 aliphatic heterocycles. The van der Waals surface area contributed by atoms with Crippen LogP contribution >= 0.6 is 0 Å². The molecule has 0 radical (unpaired) electrons. The van der Waals surface area contributed by atoms with Crippen molar-refractivity contribution in [3.05, 3.63) is 122 Å². The van der Waals surface area contributed by atoms with E-state index in [2.05, 4.69) is 142 Å². The number of esters is 3. The fraction of sp³-hybridized carbons (Fsp3) is 0.685. The van der Waals surface area contributed by atoms with Gasteiger partial charge in [0.25, 0.3) is 0 Å². The maximum absolute atomic E-state index is 12.9. The van der Waals surface area contributed by atoms with Crippen LogP contribution in [0.1, 0.15) is 303 Å². The normalized spacial score (nSPS) is 12.9. The Morgan fingerprint density at radius 2 is 0.494 bits per heavy atom. The lowest BCUT2D eigenvalue weighted by Crippen LogP contribution is -2.30. The Labute approximate surface area is 488 Å². The van der Waals surface area contributed by atoms with Gasteiger partial charge in [0.05, 0.1) is 0 Å². The van der Waals surface area contributed by atoms with Gasteiger partial charge in [-0.05, 0) is 116 Å². The van der Waals surface area contributed by atoms with Crippen molar-refractivity contribution < 1.29 is 28.6 Å². The molecule has 0 bridgehead atoms. The molecule has 0 heterocycles. The van der Waals surface area contributed by atoms with Crippen LogP contribution in [0.2, 0.25) is 0 Å². The summed E-state index contributed by atoms with van der Waals surface area (Å²) in [5.41, 5.74) is 0. The third kappa shape index (κ3) is 64.5. The van der Waals surface area contributed by atoms with Crippen LogP contribution in [-0.4, -0.2) is 37.2 Å². The summed E-state index contributed by atoms with van der Waals surface area (Å²) in [6.45, 7) is 6.51. The lowest BCUT2D eigenvalue weighted by atomic mass is 10.0. The van der Waals surface area contributed by atoms with Crippen LogP contribution in [0.3, 0.4) is 0 Å². The molecule has 0 N–H and O–H groups in total. The first-order chi connectivity index (χ1) is 39.0. The van der Waals surface area contributed by atoms with Crippen molar-refractivity contribution in [3.8, 4) is 0 Å². The molecule has 0 saturated heterocycles. The van der Waals surface area contributed by atoms with E-state index >= 15 is 0 Å². The molecular weight excluding hydrogens is 973 g/mol. The molecule has 6 nitrogen and oxygen atoms in total. The molecule has 0 aliphatic carbocycles. The van der Waals surface area contributed by atoms with Crippen molar-refractivity contribution in [2.45, 2.75) is 309 Å². The number of carbonyl (C=O) groups is 3. The molecule has 0 aromatic carbocycles. The summed E-state index contributed by atoms with van der Waals surface area (Å²) < 4.78 is 16.9. The highest BCUT2D eigenvalue weighted by molar-refractivity contribution is 5.71. The molecular formula is C73H122O6. The predicted molar refractivity (Wildman–Crippen MR) is 343 cm³/mol. The minimum absolute atomic E-state index is 0.0863. The first-order valence-electron chi connectivity index (χ1n) is 33.0. The van der Waals surface area contributed by atoms with Crippen LogP contribution in [0.25, 0.3) is 0 Å². The Hall–Kier alpha value is -4.19. The summed E-state index contributed by atoms with van der Waals surface area (Å²) in [6, 6.07) is 0. The highest BCUT2D eigenvalue weighted by Gasteiger charge is 2.19. The van der Waals surface area contributed by atoms with E-state index in [9.17, 15) is 14.4 Å². The van der Waals surface area contributed by atoms with E-state index in [0.717, 1.165) is 148 Å². The third-order valence-electron chi connectivity index (χ3n) is 14.0. The zero-order valence-corrected chi connectivity index (χ0v) is 51.6. The Morgan fingerprint density at radius 1 is 0.266 bits per heavy atom. The Balaban J connectivity index is 4.31. The van der Waals surface area contributed by atoms with Gasteiger partial charge in [-0.15, -0.1) is 0 Å². The van der Waals surface area contributed by atoms with Gasteiger partial charge in [0.1, 0.15) is 13.2 Å². The van der Waals surface area contributed by atoms with E-state index < -0.39 is 6.10 Å². The van der Waals surface area contributed by atoms with Gasteiger partial charge >= 0.3 is 17.9 Å². The summed E-state index contributed by atoms with van der Waals surface area (Å²) in [5, 5.41) is 0. The number of unbranched alkanes of at least 4 members (excludes halogenated alkanes) is 28. The molecule has 0 aromatic rings. The quantitative estimate of drug-likeness (QED) is 0.0261. The van der Waals surface area contributed by atoms with Crippen LogP contribution in [-0.2, 0) is 28.6 Å². The molecule has 450 valence electrons. The van der Waals surface area contributed by atoms with E-state index in [-0.39, 0.29) is 31.1 Å². The molecule has 0 aromatic heterocycles. The average Bonchev–Trinajstić information content (AvgIpc) is 3.45. The molecule has 0 spiro atoms. The van der Waals surface area contributed by atoms with E-state index in [4.69, 9.17) is 14.2 Å². The first kappa shape index (κ1) is 74.8. The van der Waals surface area contributed by atoms with Gasteiger partial charge in [-0.3, -0.25) is 14.4 Å². The Bertz CT molecular complexity index is 1640. The largest absolute Gasteiger partial charge is 0.462 e. The Morgan fingerprint density at radius 3 is 0.785 bits per heavy atom. The molecule has 0 saturated carbocycles. The van der Waals surface area contributed by atoms with Crippen LogP contribution in [0.4, 0.5) is 0 Å². The maximum atomic E-state index is 12.9. The highest BCUT2D eigenvalue weighted by atomic mass is 16.6. The van der Waals surface area contributed by atoms with Crippen molar-refractivity contribution in [3.63, 3.8) is 0 Å². The second kappa shape index (κ2) is 66.3. The number of hydrogen-bond acceptors (Lipinski definition) is 6. The fourth-order valence-corrected chi connectivity index (χ4v) is 9.02. The molecule has 0 fully saturated rings. The van der Waals surface area contributed by atoms with Crippen molar-refractivity contribution >= 4 is 17.9 Å². The minimum atomic E-state index is -0.791. The summed E-state index contributed by atoms with van der Waals surface area (Å²) in [4.78, 5) is 38.3. The first-order valence-corrected chi connectivity index (χ1v) is 33.0. The fourth-order valence-electron chi connectivity index (χ4n) is 9.02. The predicted octanol–water partition coefficient (Wildman–Crippen LogP) is 22.8. The lowest BCUT2D eigenvalue weighted by Gasteiger charge is -2.18. The number of ether oxygens (including phenoxy) is 3. The van der Waals surface area contributed by atoms with E-state index in [1.54, 1.807) is 0 Å².